The number of halogens is 1. The molecule has 5 nitrogen and oxygen atoms in total. The number of carbonyl (C=O) groups is 1. The summed E-state index contributed by atoms with van der Waals surface area (Å²) in [6.45, 7) is 3.88. The van der Waals surface area contributed by atoms with Crippen LogP contribution in [0.5, 0.6) is 0 Å². The van der Waals surface area contributed by atoms with Crippen molar-refractivity contribution in [3.8, 4) is 0 Å². The second-order valence-electron chi connectivity index (χ2n) is 4.74. The standard InChI is InChI=1S/C14H16FN3O2/c1-9(2)18-8-10(7-16-18)13(14(19)20)17-12-6-4-3-5-11(12)15/h3-9,13,17H,1-2H3,(H,19,20). The van der Waals surface area contributed by atoms with Gasteiger partial charge >= 0.3 is 5.97 Å². The quantitative estimate of drug-likeness (QED) is 0.882. The Morgan fingerprint density at radius 2 is 2.10 bits per heavy atom. The van der Waals surface area contributed by atoms with Crippen molar-refractivity contribution >= 4 is 11.7 Å². The molecule has 2 rings (SSSR count). The lowest BCUT2D eigenvalue weighted by atomic mass is 10.1. The van der Waals surface area contributed by atoms with Crippen LogP contribution in [0.1, 0.15) is 31.5 Å². The second kappa shape index (κ2) is 5.73. The Bertz CT molecular complexity index is 610. The van der Waals surface area contributed by atoms with E-state index in [0.717, 1.165) is 0 Å². The largest absolute Gasteiger partial charge is 0.479 e. The molecule has 0 aliphatic carbocycles. The summed E-state index contributed by atoms with van der Waals surface area (Å²) in [5.41, 5.74) is 0.631. The minimum absolute atomic E-state index is 0.131. The maximum absolute atomic E-state index is 13.6. The second-order valence-corrected chi connectivity index (χ2v) is 4.74. The van der Waals surface area contributed by atoms with Crippen LogP contribution in [-0.4, -0.2) is 20.9 Å². The van der Waals surface area contributed by atoms with E-state index in [1.807, 2.05) is 13.8 Å². The van der Waals surface area contributed by atoms with E-state index in [4.69, 9.17) is 0 Å². The fourth-order valence-electron chi connectivity index (χ4n) is 1.81. The van der Waals surface area contributed by atoms with Crippen LogP contribution < -0.4 is 5.32 Å². The molecule has 106 valence electrons. The van der Waals surface area contributed by atoms with Gasteiger partial charge in [-0.05, 0) is 26.0 Å². The van der Waals surface area contributed by atoms with Gasteiger partial charge in [0.25, 0.3) is 0 Å². The molecule has 6 heteroatoms. The van der Waals surface area contributed by atoms with Gasteiger partial charge in [-0.15, -0.1) is 0 Å². The van der Waals surface area contributed by atoms with E-state index in [-0.39, 0.29) is 11.7 Å². The number of hydrogen-bond donors (Lipinski definition) is 2. The molecular weight excluding hydrogens is 261 g/mol. The molecule has 0 bridgehead atoms. The number of nitrogens with zero attached hydrogens (tertiary/aromatic N) is 2. The maximum atomic E-state index is 13.6. The number of carboxylic acid groups (broad SMARTS) is 1. The van der Waals surface area contributed by atoms with E-state index in [9.17, 15) is 14.3 Å². The molecule has 1 aromatic carbocycles. The summed E-state index contributed by atoms with van der Waals surface area (Å²) in [5, 5.41) is 16.1. The fraction of sp³-hybridized carbons (Fsp3) is 0.286. The Morgan fingerprint density at radius 1 is 1.40 bits per heavy atom. The van der Waals surface area contributed by atoms with Crippen LogP contribution in [0.15, 0.2) is 36.7 Å². The van der Waals surface area contributed by atoms with Crippen molar-refractivity contribution in [2.24, 2.45) is 0 Å². The molecule has 0 saturated heterocycles. The third-order valence-electron chi connectivity index (χ3n) is 2.90. The van der Waals surface area contributed by atoms with Gasteiger partial charge in [0.15, 0.2) is 6.04 Å². The number of aromatic nitrogens is 2. The lowest BCUT2D eigenvalue weighted by Crippen LogP contribution is -2.20. The van der Waals surface area contributed by atoms with Crippen LogP contribution in [0.25, 0.3) is 0 Å². The van der Waals surface area contributed by atoms with Crippen LogP contribution in [0, 0.1) is 5.82 Å². The molecule has 1 atom stereocenters. The predicted octanol–water partition coefficient (Wildman–Crippen LogP) is 2.84. The number of carboxylic acids is 1. The average molecular weight is 277 g/mol. The van der Waals surface area contributed by atoms with E-state index in [1.54, 1.807) is 23.0 Å². The first kappa shape index (κ1) is 14.0. The molecular formula is C14H16FN3O2. The highest BCUT2D eigenvalue weighted by Crippen LogP contribution is 2.22. The lowest BCUT2D eigenvalue weighted by Gasteiger charge is -2.14. The molecule has 0 saturated carbocycles. The predicted molar refractivity (Wildman–Crippen MR) is 73.0 cm³/mol. The first-order valence-electron chi connectivity index (χ1n) is 6.27. The first-order valence-corrected chi connectivity index (χ1v) is 6.27. The Labute approximate surface area is 116 Å². The Hall–Kier alpha value is -2.37. The molecule has 0 fully saturated rings. The van der Waals surface area contributed by atoms with Crippen molar-refractivity contribution < 1.29 is 14.3 Å². The summed E-state index contributed by atoms with van der Waals surface area (Å²) >= 11 is 0. The van der Waals surface area contributed by atoms with Gasteiger partial charge in [-0.25, -0.2) is 9.18 Å². The van der Waals surface area contributed by atoms with Crippen LogP contribution >= 0.6 is 0 Å². The van der Waals surface area contributed by atoms with Gasteiger partial charge < -0.3 is 10.4 Å². The molecule has 20 heavy (non-hydrogen) atoms. The third-order valence-corrected chi connectivity index (χ3v) is 2.90. The van der Waals surface area contributed by atoms with Gasteiger partial charge in [-0.3, -0.25) is 4.68 Å². The smallest absolute Gasteiger partial charge is 0.330 e. The fourth-order valence-corrected chi connectivity index (χ4v) is 1.81. The minimum atomic E-state index is -1.09. The molecule has 1 unspecified atom stereocenters. The van der Waals surface area contributed by atoms with Crippen LogP contribution in [0.2, 0.25) is 0 Å². The molecule has 1 aromatic heterocycles. The molecule has 2 N–H and O–H groups in total. The van der Waals surface area contributed by atoms with Crippen LogP contribution in [-0.2, 0) is 4.79 Å². The number of benzene rings is 1. The Morgan fingerprint density at radius 3 is 2.65 bits per heavy atom. The van der Waals surface area contributed by atoms with E-state index in [1.165, 1.54) is 18.3 Å². The number of aliphatic carboxylic acids is 1. The summed E-state index contributed by atoms with van der Waals surface area (Å²) < 4.78 is 15.2. The molecule has 0 spiro atoms. The average Bonchev–Trinajstić information content (AvgIpc) is 2.87. The highest BCUT2D eigenvalue weighted by atomic mass is 19.1. The number of hydrogen-bond acceptors (Lipinski definition) is 3. The minimum Gasteiger partial charge on any atom is -0.479 e. The van der Waals surface area contributed by atoms with Gasteiger partial charge in [0.2, 0.25) is 0 Å². The van der Waals surface area contributed by atoms with Crippen molar-refractivity contribution in [1.29, 1.82) is 0 Å². The van der Waals surface area contributed by atoms with Gasteiger partial charge in [0, 0.05) is 17.8 Å². The van der Waals surface area contributed by atoms with Crippen molar-refractivity contribution in [1.82, 2.24) is 9.78 Å². The zero-order chi connectivity index (χ0) is 14.7. The summed E-state index contributed by atoms with van der Waals surface area (Å²) in [7, 11) is 0. The zero-order valence-corrected chi connectivity index (χ0v) is 11.2. The number of para-hydroxylation sites is 1. The molecule has 0 aliphatic heterocycles. The highest BCUT2D eigenvalue weighted by Gasteiger charge is 2.22. The van der Waals surface area contributed by atoms with E-state index in [0.29, 0.717) is 5.56 Å². The molecule has 0 aliphatic rings. The van der Waals surface area contributed by atoms with Gasteiger partial charge in [0.1, 0.15) is 5.82 Å². The van der Waals surface area contributed by atoms with Gasteiger partial charge in [-0.1, -0.05) is 12.1 Å². The number of rotatable bonds is 5. The van der Waals surface area contributed by atoms with Gasteiger partial charge in [-0.2, -0.15) is 5.10 Å². The van der Waals surface area contributed by atoms with Crippen molar-refractivity contribution in [3.05, 3.63) is 48.0 Å². The topological polar surface area (TPSA) is 67.2 Å². The number of nitrogens with one attached hydrogen (secondary N) is 1. The normalized spacial score (nSPS) is 12.4. The van der Waals surface area contributed by atoms with E-state index >= 15 is 0 Å². The molecule has 1 heterocycles. The Balaban J connectivity index is 2.27. The highest BCUT2D eigenvalue weighted by molar-refractivity contribution is 5.79. The Kier molecular flexibility index (Phi) is 4.02. The van der Waals surface area contributed by atoms with Crippen molar-refractivity contribution in [3.63, 3.8) is 0 Å². The van der Waals surface area contributed by atoms with E-state index < -0.39 is 17.8 Å². The lowest BCUT2D eigenvalue weighted by molar-refractivity contribution is -0.138. The summed E-state index contributed by atoms with van der Waals surface area (Å²) in [6, 6.07) is 5.05. The number of anilines is 1. The zero-order valence-electron chi connectivity index (χ0n) is 11.2. The van der Waals surface area contributed by atoms with E-state index in [2.05, 4.69) is 10.4 Å². The summed E-state index contributed by atoms with van der Waals surface area (Å²) in [6.07, 6.45) is 3.13. The summed E-state index contributed by atoms with van der Waals surface area (Å²) in [5.74, 6) is -1.58. The van der Waals surface area contributed by atoms with Crippen LogP contribution in [0.3, 0.4) is 0 Å². The molecule has 2 aromatic rings. The van der Waals surface area contributed by atoms with Crippen LogP contribution in [0.4, 0.5) is 10.1 Å². The third kappa shape index (κ3) is 2.96. The van der Waals surface area contributed by atoms with Crippen molar-refractivity contribution in [2.75, 3.05) is 5.32 Å². The van der Waals surface area contributed by atoms with Crippen molar-refractivity contribution in [2.45, 2.75) is 25.9 Å². The monoisotopic (exact) mass is 277 g/mol. The SMILES string of the molecule is CC(C)n1cc(C(Nc2ccccc2F)C(=O)O)cn1. The first-order chi connectivity index (χ1) is 9.49. The van der Waals surface area contributed by atoms with Gasteiger partial charge in [0.05, 0.1) is 11.9 Å². The summed E-state index contributed by atoms with van der Waals surface area (Å²) in [4.78, 5) is 11.4. The maximum Gasteiger partial charge on any atom is 0.330 e. The molecule has 0 radical (unpaired) electrons. The molecule has 0 amide bonds.